The molecule has 0 saturated heterocycles. The maximum Gasteiger partial charge on any atom is 0.226 e. The van der Waals surface area contributed by atoms with E-state index in [2.05, 4.69) is 5.10 Å². The molecule has 0 aromatic carbocycles. The molecule has 7 heteroatoms. The number of hydrogen-bond donors (Lipinski definition) is 1. The molecule has 2 rings (SSSR count). The normalized spacial score (nSPS) is 20.4. The molecular weight excluding hydrogens is 316 g/mol. The van der Waals surface area contributed by atoms with Gasteiger partial charge in [-0.1, -0.05) is 0 Å². The molecule has 1 aliphatic rings. The van der Waals surface area contributed by atoms with Gasteiger partial charge in [0.1, 0.15) is 0 Å². The van der Waals surface area contributed by atoms with Gasteiger partial charge in [0.2, 0.25) is 5.91 Å². The van der Waals surface area contributed by atoms with E-state index in [9.17, 15) is 4.79 Å². The van der Waals surface area contributed by atoms with E-state index in [1.165, 1.54) is 0 Å². The molecule has 1 amide bonds. The summed E-state index contributed by atoms with van der Waals surface area (Å²) in [6.45, 7) is 5.78. The van der Waals surface area contributed by atoms with Gasteiger partial charge in [-0.3, -0.25) is 9.48 Å². The number of nitrogens with two attached hydrogens (primary N) is 1. The number of hydrogen-bond acceptors (Lipinski definition) is 4. The van der Waals surface area contributed by atoms with Gasteiger partial charge in [-0.25, -0.2) is 0 Å². The van der Waals surface area contributed by atoms with Gasteiger partial charge >= 0.3 is 0 Å². The lowest BCUT2D eigenvalue weighted by atomic mass is 10.1. The van der Waals surface area contributed by atoms with E-state index in [-0.39, 0.29) is 30.3 Å². The minimum absolute atomic E-state index is 0. The standard InChI is InChI=1S/C16H28N4O2.ClH/c1-11-15(12(2)19(3)18-11)10-20(7-8-22-4)16(21)13-5-6-14(17)9-13;/h13-14H,5-10,17H2,1-4H3;1H/t13-,14+;/m0./s1. The molecule has 1 aromatic heterocycles. The second kappa shape index (κ2) is 8.66. The van der Waals surface area contributed by atoms with Gasteiger partial charge in [-0.05, 0) is 33.1 Å². The minimum Gasteiger partial charge on any atom is -0.383 e. The number of halogens is 1. The molecule has 0 aliphatic heterocycles. The van der Waals surface area contributed by atoms with E-state index in [0.29, 0.717) is 19.7 Å². The molecule has 6 nitrogen and oxygen atoms in total. The predicted octanol–water partition coefficient (Wildman–Crippen LogP) is 1.56. The molecule has 1 fully saturated rings. The van der Waals surface area contributed by atoms with Crippen molar-refractivity contribution in [2.75, 3.05) is 20.3 Å². The highest BCUT2D eigenvalue weighted by Crippen LogP contribution is 2.27. The Labute approximate surface area is 144 Å². The summed E-state index contributed by atoms with van der Waals surface area (Å²) in [5.41, 5.74) is 9.18. The molecule has 23 heavy (non-hydrogen) atoms. The quantitative estimate of drug-likeness (QED) is 0.850. The Morgan fingerprint density at radius 3 is 2.61 bits per heavy atom. The lowest BCUT2D eigenvalue weighted by molar-refractivity contribution is -0.136. The van der Waals surface area contributed by atoms with Gasteiger partial charge in [0.05, 0.1) is 12.3 Å². The smallest absolute Gasteiger partial charge is 0.226 e. The molecule has 2 N–H and O–H groups in total. The van der Waals surface area contributed by atoms with Gasteiger partial charge in [-0.2, -0.15) is 5.10 Å². The summed E-state index contributed by atoms with van der Waals surface area (Å²) in [6, 6.07) is 0.167. The maximum atomic E-state index is 12.8. The summed E-state index contributed by atoms with van der Waals surface area (Å²) in [5, 5.41) is 4.44. The molecule has 0 bridgehead atoms. The number of amides is 1. The van der Waals surface area contributed by atoms with Crippen LogP contribution in [0.4, 0.5) is 0 Å². The minimum atomic E-state index is 0. The van der Waals surface area contributed by atoms with Crippen molar-refractivity contribution in [2.24, 2.45) is 18.7 Å². The summed E-state index contributed by atoms with van der Waals surface area (Å²) >= 11 is 0. The van der Waals surface area contributed by atoms with E-state index in [0.717, 1.165) is 36.2 Å². The van der Waals surface area contributed by atoms with Crippen LogP contribution in [0.15, 0.2) is 0 Å². The molecule has 0 radical (unpaired) electrons. The average Bonchev–Trinajstić information content (AvgIpc) is 3.01. The largest absolute Gasteiger partial charge is 0.383 e. The van der Waals surface area contributed by atoms with E-state index >= 15 is 0 Å². The van der Waals surface area contributed by atoms with Crippen LogP contribution in [-0.2, 0) is 23.1 Å². The van der Waals surface area contributed by atoms with Crippen LogP contribution in [0.25, 0.3) is 0 Å². The Morgan fingerprint density at radius 1 is 1.43 bits per heavy atom. The Morgan fingerprint density at radius 2 is 2.13 bits per heavy atom. The number of methoxy groups -OCH3 is 1. The average molecular weight is 345 g/mol. The molecule has 1 saturated carbocycles. The monoisotopic (exact) mass is 344 g/mol. The van der Waals surface area contributed by atoms with Crippen molar-refractivity contribution >= 4 is 18.3 Å². The molecule has 1 heterocycles. The number of aromatic nitrogens is 2. The van der Waals surface area contributed by atoms with Crippen molar-refractivity contribution in [3.8, 4) is 0 Å². The van der Waals surface area contributed by atoms with Crippen LogP contribution in [-0.4, -0.2) is 46.9 Å². The highest BCUT2D eigenvalue weighted by Gasteiger charge is 2.31. The molecule has 2 atom stereocenters. The van der Waals surface area contributed by atoms with E-state index in [1.54, 1.807) is 7.11 Å². The molecule has 132 valence electrons. The SMILES string of the molecule is COCCN(Cc1c(C)nn(C)c1C)C(=O)[C@H]1CC[C@@H](N)C1.Cl. The fourth-order valence-electron chi connectivity index (χ4n) is 3.20. The second-order valence-electron chi connectivity index (χ2n) is 6.30. The van der Waals surface area contributed by atoms with Crippen molar-refractivity contribution in [3.63, 3.8) is 0 Å². The number of aryl methyl sites for hydroxylation is 2. The Bertz CT molecular complexity index is 532. The third-order valence-corrected chi connectivity index (χ3v) is 4.71. The van der Waals surface area contributed by atoms with Crippen LogP contribution < -0.4 is 5.73 Å². The third kappa shape index (κ3) is 4.68. The van der Waals surface area contributed by atoms with Gasteiger partial charge in [0.15, 0.2) is 0 Å². The predicted molar refractivity (Wildman–Crippen MR) is 92.5 cm³/mol. The van der Waals surface area contributed by atoms with Gasteiger partial charge < -0.3 is 15.4 Å². The number of ether oxygens (including phenoxy) is 1. The highest BCUT2D eigenvalue weighted by molar-refractivity contribution is 5.85. The van der Waals surface area contributed by atoms with Gasteiger partial charge in [0.25, 0.3) is 0 Å². The Kier molecular flexibility index (Phi) is 7.51. The summed E-state index contributed by atoms with van der Waals surface area (Å²) in [7, 11) is 3.60. The summed E-state index contributed by atoms with van der Waals surface area (Å²) in [6.07, 6.45) is 2.64. The van der Waals surface area contributed by atoms with E-state index in [1.807, 2.05) is 30.5 Å². The first-order valence-corrected chi connectivity index (χ1v) is 7.96. The van der Waals surface area contributed by atoms with Crippen LogP contribution in [0.5, 0.6) is 0 Å². The first-order chi connectivity index (χ1) is 10.4. The zero-order chi connectivity index (χ0) is 16.3. The van der Waals surface area contributed by atoms with Crippen LogP contribution in [0.2, 0.25) is 0 Å². The van der Waals surface area contributed by atoms with Gasteiger partial charge in [-0.15, -0.1) is 12.4 Å². The van der Waals surface area contributed by atoms with Crippen LogP contribution in [0.3, 0.4) is 0 Å². The van der Waals surface area contributed by atoms with Crippen LogP contribution in [0, 0.1) is 19.8 Å². The van der Waals surface area contributed by atoms with Crippen molar-refractivity contribution in [1.82, 2.24) is 14.7 Å². The first-order valence-electron chi connectivity index (χ1n) is 7.96. The third-order valence-electron chi connectivity index (χ3n) is 4.71. The molecule has 1 aromatic rings. The van der Waals surface area contributed by atoms with Crippen LogP contribution >= 0.6 is 12.4 Å². The number of nitrogens with zero attached hydrogens (tertiary/aromatic N) is 3. The van der Waals surface area contributed by atoms with Crippen molar-refractivity contribution < 1.29 is 9.53 Å². The fraction of sp³-hybridized carbons (Fsp3) is 0.750. The molecule has 0 spiro atoms. The summed E-state index contributed by atoms with van der Waals surface area (Å²) in [5.74, 6) is 0.261. The zero-order valence-corrected chi connectivity index (χ0v) is 15.4. The lowest BCUT2D eigenvalue weighted by Crippen LogP contribution is -2.38. The summed E-state index contributed by atoms with van der Waals surface area (Å²) < 4.78 is 7.04. The second-order valence-corrected chi connectivity index (χ2v) is 6.30. The molecular formula is C16H29ClN4O2. The Balaban J connectivity index is 0.00000264. The van der Waals surface area contributed by atoms with Crippen molar-refractivity contribution in [1.29, 1.82) is 0 Å². The van der Waals surface area contributed by atoms with E-state index in [4.69, 9.17) is 10.5 Å². The fourth-order valence-corrected chi connectivity index (χ4v) is 3.20. The topological polar surface area (TPSA) is 73.4 Å². The Hall–Kier alpha value is -1.11. The van der Waals surface area contributed by atoms with Crippen LogP contribution in [0.1, 0.15) is 36.2 Å². The number of rotatable bonds is 6. The van der Waals surface area contributed by atoms with Gasteiger partial charge in [0, 0.05) is 50.5 Å². The highest BCUT2D eigenvalue weighted by atomic mass is 35.5. The number of carbonyl (C=O) groups excluding carboxylic acids is 1. The maximum absolute atomic E-state index is 12.8. The molecule has 0 unspecified atom stereocenters. The number of carbonyl (C=O) groups is 1. The lowest BCUT2D eigenvalue weighted by Gasteiger charge is -2.26. The summed E-state index contributed by atoms with van der Waals surface area (Å²) in [4.78, 5) is 14.7. The molecule has 1 aliphatic carbocycles. The van der Waals surface area contributed by atoms with Crippen molar-refractivity contribution in [2.45, 2.75) is 45.7 Å². The van der Waals surface area contributed by atoms with Crippen molar-refractivity contribution in [3.05, 3.63) is 17.0 Å². The first kappa shape index (κ1) is 19.9. The van der Waals surface area contributed by atoms with E-state index < -0.39 is 0 Å². The zero-order valence-electron chi connectivity index (χ0n) is 14.5.